The standard InChI is InChI=1S/C21H19Br2NO4S/c1-19(2)21(23,24-16(25)13-20(24,22)29(19)27)18(26)28-17(14-9-5-3-6-10-14)15-11-7-4-8-12-15/h3-12,17H,13H2,1-2H3. The van der Waals surface area contributed by atoms with Crippen LogP contribution in [0.4, 0.5) is 0 Å². The van der Waals surface area contributed by atoms with Crippen molar-refractivity contribution in [3.63, 3.8) is 0 Å². The van der Waals surface area contributed by atoms with E-state index in [9.17, 15) is 13.8 Å². The zero-order valence-electron chi connectivity index (χ0n) is 15.8. The summed E-state index contributed by atoms with van der Waals surface area (Å²) in [7, 11) is -1.53. The second-order valence-electron chi connectivity index (χ2n) is 7.60. The Labute approximate surface area is 188 Å². The molecule has 0 aromatic heterocycles. The molecule has 152 valence electrons. The van der Waals surface area contributed by atoms with Crippen molar-refractivity contribution in [1.29, 1.82) is 0 Å². The molecule has 8 heteroatoms. The van der Waals surface area contributed by atoms with Crippen LogP contribution in [0.5, 0.6) is 0 Å². The molecule has 2 heterocycles. The van der Waals surface area contributed by atoms with E-state index in [2.05, 4.69) is 31.9 Å². The fourth-order valence-electron chi connectivity index (χ4n) is 3.88. The summed E-state index contributed by atoms with van der Waals surface area (Å²) >= 11 is 6.93. The van der Waals surface area contributed by atoms with Crippen molar-refractivity contribution in [3.8, 4) is 0 Å². The molecule has 3 atom stereocenters. The molecule has 0 radical (unpaired) electrons. The van der Waals surface area contributed by atoms with Crippen molar-refractivity contribution in [1.82, 2.24) is 4.90 Å². The molecule has 2 fully saturated rings. The van der Waals surface area contributed by atoms with Crippen molar-refractivity contribution >= 4 is 54.5 Å². The van der Waals surface area contributed by atoms with Crippen molar-refractivity contribution in [2.45, 2.75) is 39.3 Å². The van der Waals surface area contributed by atoms with Crippen LogP contribution < -0.4 is 0 Å². The van der Waals surface area contributed by atoms with Crippen LogP contribution in [-0.4, -0.2) is 34.0 Å². The van der Waals surface area contributed by atoms with E-state index in [4.69, 9.17) is 4.74 Å². The maximum atomic E-state index is 13.5. The maximum absolute atomic E-state index is 13.5. The van der Waals surface area contributed by atoms with Gasteiger partial charge in [-0.2, -0.15) is 0 Å². The number of alkyl halides is 2. The molecular formula is C21H19Br2NO4S. The Bertz CT molecular complexity index is 961. The fourth-order valence-corrected chi connectivity index (χ4v) is 9.05. The lowest BCUT2D eigenvalue weighted by Gasteiger charge is -2.47. The highest BCUT2D eigenvalue weighted by Crippen LogP contribution is 2.62. The average Bonchev–Trinajstić information content (AvgIpc) is 2.80. The van der Waals surface area contributed by atoms with Crippen molar-refractivity contribution in [2.75, 3.05) is 0 Å². The van der Waals surface area contributed by atoms with Crippen LogP contribution in [0.15, 0.2) is 60.7 Å². The highest BCUT2D eigenvalue weighted by atomic mass is 79.9. The monoisotopic (exact) mass is 539 g/mol. The third-order valence-corrected chi connectivity index (χ3v) is 11.1. The molecule has 2 aliphatic heterocycles. The van der Waals surface area contributed by atoms with E-state index in [1.165, 1.54) is 4.90 Å². The highest BCUT2D eigenvalue weighted by molar-refractivity contribution is 9.12. The number of rotatable bonds is 4. The molecule has 0 saturated carbocycles. The van der Waals surface area contributed by atoms with Crippen molar-refractivity contribution in [3.05, 3.63) is 71.8 Å². The van der Waals surface area contributed by atoms with E-state index in [0.29, 0.717) is 0 Å². The molecule has 2 aromatic rings. The summed E-state index contributed by atoms with van der Waals surface area (Å²) in [5, 5.41) is 0. The number of carbonyl (C=O) groups is 2. The van der Waals surface area contributed by atoms with Gasteiger partial charge in [-0.3, -0.25) is 13.9 Å². The number of nitrogens with zero attached hydrogens (tertiary/aromatic N) is 1. The van der Waals surface area contributed by atoms with Crippen LogP contribution in [0.25, 0.3) is 0 Å². The molecule has 1 amide bonds. The lowest BCUT2D eigenvalue weighted by atomic mass is 9.97. The first-order valence-electron chi connectivity index (χ1n) is 9.08. The number of fused-ring (bicyclic) bond motifs is 1. The predicted octanol–water partition coefficient (Wildman–Crippen LogP) is 4.23. The molecule has 29 heavy (non-hydrogen) atoms. The van der Waals surface area contributed by atoms with Gasteiger partial charge < -0.3 is 4.74 Å². The van der Waals surface area contributed by atoms with Gasteiger partial charge in [0.25, 0.3) is 0 Å². The Morgan fingerprint density at radius 3 is 1.97 bits per heavy atom. The van der Waals surface area contributed by atoms with Crippen LogP contribution in [0.3, 0.4) is 0 Å². The minimum Gasteiger partial charge on any atom is -0.450 e. The molecule has 3 unspecified atom stereocenters. The van der Waals surface area contributed by atoms with Crippen LogP contribution in [-0.2, 0) is 25.1 Å². The molecule has 2 aromatic carbocycles. The lowest BCUT2D eigenvalue weighted by molar-refractivity contribution is -0.167. The number of carbonyl (C=O) groups excluding carboxylic acids is 2. The second-order valence-corrected chi connectivity index (χ2v) is 12.8. The van der Waals surface area contributed by atoms with E-state index in [-0.39, 0.29) is 12.3 Å². The highest BCUT2D eigenvalue weighted by Gasteiger charge is 2.79. The largest absolute Gasteiger partial charge is 0.450 e. The predicted molar refractivity (Wildman–Crippen MR) is 118 cm³/mol. The lowest BCUT2D eigenvalue weighted by Crippen LogP contribution is -2.67. The van der Waals surface area contributed by atoms with Gasteiger partial charge in [0.1, 0.15) is 0 Å². The topological polar surface area (TPSA) is 63.7 Å². The molecule has 2 saturated heterocycles. The van der Waals surface area contributed by atoms with E-state index in [1.54, 1.807) is 13.8 Å². The summed E-state index contributed by atoms with van der Waals surface area (Å²) in [5.74, 6) is -0.909. The number of benzene rings is 2. The van der Waals surface area contributed by atoms with Gasteiger partial charge in [0.05, 0.1) is 22.0 Å². The van der Waals surface area contributed by atoms with Crippen LogP contribution in [0.2, 0.25) is 0 Å². The number of hydrogen-bond acceptors (Lipinski definition) is 4. The van der Waals surface area contributed by atoms with Gasteiger partial charge in [0, 0.05) is 0 Å². The minimum atomic E-state index is -1.55. The summed E-state index contributed by atoms with van der Waals surface area (Å²) < 4.78 is 15.5. The zero-order valence-corrected chi connectivity index (χ0v) is 19.8. The molecule has 4 rings (SSSR count). The van der Waals surface area contributed by atoms with E-state index >= 15 is 0 Å². The first kappa shape index (κ1) is 20.8. The quantitative estimate of drug-likeness (QED) is 0.252. The molecule has 0 aliphatic carbocycles. The number of β-lactam (4-membered cyclic amide) rings is 1. The number of amides is 1. The van der Waals surface area contributed by atoms with Gasteiger partial charge in [-0.05, 0) is 56.8 Å². The van der Waals surface area contributed by atoms with E-state index in [0.717, 1.165) is 11.1 Å². The van der Waals surface area contributed by atoms with Gasteiger partial charge >= 0.3 is 5.97 Å². The smallest absolute Gasteiger partial charge is 0.345 e. The van der Waals surface area contributed by atoms with Crippen LogP contribution >= 0.6 is 31.9 Å². The Morgan fingerprint density at radius 2 is 1.52 bits per heavy atom. The summed E-state index contributed by atoms with van der Waals surface area (Å²) in [6.45, 7) is 3.40. The van der Waals surface area contributed by atoms with E-state index < -0.39 is 35.8 Å². The average molecular weight is 541 g/mol. The Morgan fingerprint density at radius 1 is 1.03 bits per heavy atom. The van der Waals surface area contributed by atoms with Gasteiger partial charge in [-0.1, -0.05) is 60.7 Å². The molecule has 5 nitrogen and oxygen atoms in total. The summed E-state index contributed by atoms with van der Waals surface area (Å²) in [4.78, 5) is 27.3. The van der Waals surface area contributed by atoms with Gasteiger partial charge in [-0.25, -0.2) is 4.79 Å². The first-order valence-corrected chi connectivity index (χ1v) is 11.8. The number of hydrogen-bond donors (Lipinski definition) is 0. The number of ether oxygens (including phenoxy) is 1. The second kappa shape index (κ2) is 7.03. The first-order chi connectivity index (χ1) is 13.6. The minimum absolute atomic E-state index is 0.0739. The molecule has 0 N–H and O–H groups in total. The van der Waals surface area contributed by atoms with Gasteiger partial charge in [0.15, 0.2) is 9.88 Å². The van der Waals surface area contributed by atoms with Crippen molar-refractivity contribution < 1.29 is 18.5 Å². The van der Waals surface area contributed by atoms with Gasteiger partial charge in [0.2, 0.25) is 10.4 Å². The molecule has 2 aliphatic rings. The Balaban J connectivity index is 1.75. The van der Waals surface area contributed by atoms with Crippen LogP contribution in [0.1, 0.15) is 37.5 Å². The summed E-state index contributed by atoms with van der Waals surface area (Å²) in [5.41, 5.74) is 1.61. The Hall–Kier alpha value is -1.51. The molecule has 0 spiro atoms. The van der Waals surface area contributed by atoms with E-state index in [1.807, 2.05) is 60.7 Å². The fraction of sp³-hybridized carbons (Fsp3) is 0.333. The maximum Gasteiger partial charge on any atom is 0.345 e. The van der Waals surface area contributed by atoms with Gasteiger partial charge in [-0.15, -0.1) is 0 Å². The van der Waals surface area contributed by atoms with Crippen molar-refractivity contribution in [2.24, 2.45) is 0 Å². The summed E-state index contributed by atoms with van der Waals surface area (Å²) in [6.07, 6.45) is -0.588. The number of esters is 1. The third kappa shape index (κ3) is 2.86. The Kier molecular flexibility index (Phi) is 5.03. The molecular weight excluding hydrogens is 522 g/mol. The SMILES string of the molecule is CC1(C)S(=O)C2(Br)CC(=O)N2C1(Br)C(=O)OC(c1ccccc1)c1ccccc1. The zero-order chi connectivity index (χ0) is 21.0. The number of halogens is 2. The van der Waals surface area contributed by atoms with Crippen LogP contribution in [0, 0.1) is 0 Å². The normalized spacial score (nSPS) is 30.0. The summed E-state index contributed by atoms with van der Waals surface area (Å²) in [6, 6.07) is 18.8. The third-order valence-electron chi connectivity index (χ3n) is 5.51. The molecule has 0 bridgehead atoms.